The van der Waals surface area contributed by atoms with Crippen LogP contribution in [0.4, 0.5) is 14.5 Å². The summed E-state index contributed by atoms with van der Waals surface area (Å²) in [5.74, 6) is -0.153. The predicted molar refractivity (Wildman–Crippen MR) is 118 cm³/mol. The van der Waals surface area contributed by atoms with E-state index in [4.69, 9.17) is 0 Å². The largest absolute Gasteiger partial charge is 0.371 e. The van der Waals surface area contributed by atoms with Gasteiger partial charge < -0.3 is 5.32 Å². The van der Waals surface area contributed by atoms with Gasteiger partial charge in [-0.2, -0.15) is 5.10 Å². The van der Waals surface area contributed by atoms with Crippen molar-refractivity contribution in [1.82, 2.24) is 24.5 Å². The topological polar surface area (TPSA) is 60.6 Å². The lowest BCUT2D eigenvalue weighted by Crippen LogP contribution is -2.36. The molecule has 2 aromatic heterocycles. The fourth-order valence-electron chi connectivity index (χ4n) is 4.07. The van der Waals surface area contributed by atoms with Gasteiger partial charge in [0.25, 0.3) is 0 Å². The van der Waals surface area contributed by atoms with Crippen LogP contribution in [-0.4, -0.2) is 24.5 Å². The maximum Gasteiger partial charge on any atom is 0.162 e. The molecule has 0 saturated carbocycles. The summed E-state index contributed by atoms with van der Waals surface area (Å²) >= 11 is 0. The van der Waals surface area contributed by atoms with Crippen LogP contribution in [-0.2, 0) is 12.1 Å². The Morgan fingerprint density at radius 3 is 2.58 bits per heavy atom. The Bertz CT molecular complexity index is 1290. The van der Waals surface area contributed by atoms with Crippen molar-refractivity contribution in [3.05, 3.63) is 53.7 Å². The van der Waals surface area contributed by atoms with Crippen LogP contribution in [0.15, 0.2) is 30.5 Å². The van der Waals surface area contributed by atoms with Crippen LogP contribution in [0.5, 0.6) is 0 Å². The number of rotatable bonds is 2. The van der Waals surface area contributed by atoms with Crippen molar-refractivity contribution in [2.24, 2.45) is 0 Å². The smallest absolute Gasteiger partial charge is 0.162 e. The Kier molecular flexibility index (Phi) is 5.03. The van der Waals surface area contributed by atoms with Gasteiger partial charge in [-0.1, -0.05) is 26.0 Å². The van der Waals surface area contributed by atoms with Gasteiger partial charge in [-0.25, -0.2) is 8.78 Å². The lowest BCUT2D eigenvalue weighted by Gasteiger charge is -2.34. The zero-order chi connectivity index (χ0) is 22.5. The second kappa shape index (κ2) is 7.44. The monoisotopic (exact) mass is 424 g/mol. The Morgan fingerprint density at radius 1 is 1.13 bits per heavy atom. The molecule has 0 bridgehead atoms. The van der Waals surface area contributed by atoms with E-state index in [0.717, 1.165) is 0 Å². The molecular formula is C23H26F2N6. The van der Waals surface area contributed by atoms with E-state index >= 15 is 8.78 Å². The van der Waals surface area contributed by atoms with Crippen molar-refractivity contribution < 1.29 is 8.78 Å². The minimum Gasteiger partial charge on any atom is -0.371 e. The van der Waals surface area contributed by atoms with E-state index < -0.39 is 17.2 Å². The molecule has 162 valence electrons. The lowest BCUT2D eigenvalue weighted by atomic mass is 9.95. The van der Waals surface area contributed by atoms with E-state index in [1.807, 2.05) is 46.9 Å². The van der Waals surface area contributed by atoms with E-state index in [9.17, 15) is 0 Å². The highest BCUT2D eigenvalue weighted by atomic mass is 19.1. The molecule has 2 aromatic carbocycles. The van der Waals surface area contributed by atoms with Gasteiger partial charge in [0.2, 0.25) is 0 Å². The Morgan fingerprint density at radius 2 is 1.87 bits per heavy atom. The quantitative estimate of drug-likeness (QED) is 0.457. The fraction of sp³-hybridized carbons (Fsp3) is 0.348. The SMILES string of the molecule is CC.CCn1cc2c(-c3c(F)cc4c(c3F)-n3c(C)nnc3C(C)(C)N4)cccc2n1. The van der Waals surface area contributed by atoms with Crippen LogP contribution < -0.4 is 5.32 Å². The van der Waals surface area contributed by atoms with Crippen molar-refractivity contribution in [1.29, 1.82) is 0 Å². The zero-order valence-electron chi connectivity index (χ0n) is 18.6. The van der Waals surface area contributed by atoms with Gasteiger partial charge in [0.05, 0.1) is 22.3 Å². The third-order valence-electron chi connectivity index (χ3n) is 5.44. The average Bonchev–Trinajstić information content (AvgIpc) is 3.33. The normalized spacial score (nSPS) is 13.8. The molecule has 3 heterocycles. The summed E-state index contributed by atoms with van der Waals surface area (Å²) in [6.07, 6.45) is 1.82. The molecule has 0 amide bonds. The number of nitrogens with zero attached hydrogens (tertiary/aromatic N) is 5. The number of hydrogen-bond acceptors (Lipinski definition) is 4. The highest BCUT2D eigenvalue weighted by Crippen LogP contribution is 2.43. The van der Waals surface area contributed by atoms with Crippen molar-refractivity contribution in [3.8, 4) is 16.8 Å². The molecule has 0 saturated heterocycles. The predicted octanol–water partition coefficient (Wildman–Crippen LogP) is 5.58. The maximum atomic E-state index is 15.9. The minimum absolute atomic E-state index is 0.0782. The summed E-state index contributed by atoms with van der Waals surface area (Å²) in [6, 6.07) is 6.67. The second-order valence-electron chi connectivity index (χ2n) is 7.82. The van der Waals surface area contributed by atoms with Crippen LogP contribution in [0.1, 0.15) is 46.3 Å². The molecule has 0 unspecified atom stereocenters. The van der Waals surface area contributed by atoms with Crippen molar-refractivity contribution in [2.75, 3.05) is 5.32 Å². The van der Waals surface area contributed by atoms with Gasteiger partial charge in [-0.05, 0) is 39.3 Å². The first-order valence-corrected chi connectivity index (χ1v) is 10.5. The maximum absolute atomic E-state index is 15.9. The molecule has 1 N–H and O–H groups in total. The Balaban J connectivity index is 0.00000112. The molecule has 0 fully saturated rings. The molecule has 8 heteroatoms. The highest BCUT2D eigenvalue weighted by Gasteiger charge is 2.37. The number of aryl methyl sites for hydroxylation is 2. The van der Waals surface area contributed by atoms with Gasteiger partial charge in [0.1, 0.15) is 17.3 Å². The van der Waals surface area contributed by atoms with Crippen LogP contribution in [0.2, 0.25) is 0 Å². The summed E-state index contributed by atoms with van der Waals surface area (Å²) in [7, 11) is 0. The molecule has 31 heavy (non-hydrogen) atoms. The minimum atomic E-state index is -0.649. The van der Waals surface area contributed by atoms with E-state index in [1.54, 1.807) is 28.3 Å². The van der Waals surface area contributed by atoms with Crippen molar-refractivity contribution in [3.63, 3.8) is 0 Å². The standard InChI is InChI=1S/C21H20F2N6.C2H6/c1-5-28-10-13-12(7-6-8-15(13)27-28)17-14(22)9-16-19(18(17)23)29-11(2)25-26-20(29)21(3,4)24-16;1-2/h6-10,24H,5H2,1-4H3;1-2H3. The number of nitrogens with one attached hydrogen (secondary N) is 1. The molecule has 0 atom stereocenters. The lowest BCUT2D eigenvalue weighted by molar-refractivity contribution is 0.517. The Labute approximate surface area is 179 Å². The molecule has 5 rings (SSSR count). The number of benzene rings is 2. The van der Waals surface area contributed by atoms with Gasteiger partial charge in [0, 0.05) is 24.2 Å². The molecule has 0 spiro atoms. The summed E-state index contributed by atoms with van der Waals surface area (Å²) in [5.41, 5.74) is 1.08. The van der Waals surface area contributed by atoms with Crippen molar-refractivity contribution in [2.45, 2.75) is 53.6 Å². The van der Waals surface area contributed by atoms with Gasteiger partial charge in [-0.3, -0.25) is 9.25 Å². The Hall–Kier alpha value is -3.29. The molecule has 0 radical (unpaired) electrons. The molecule has 4 aromatic rings. The fourth-order valence-corrected chi connectivity index (χ4v) is 4.07. The first-order chi connectivity index (χ1) is 14.8. The van der Waals surface area contributed by atoms with E-state index in [-0.39, 0.29) is 11.3 Å². The number of fused-ring (bicyclic) bond motifs is 4. The first kappa shape index (κ1) is 21.0. The van der Waals surface area contributed by atoms with Crippen LogP contribution in [0, 0.1) is 18.6 Å². The summed E-state index contributed by atoms with van der Waals surface area (Å²) in [4.78, 5) is 0. The molecule has 0 aliphatic carbocycles. The number of aromatic nitrogens is 5. The molecule has 1 aliphatic heterocycles. The molecular weight excluding hydrogens is 398 g/mol. The van der Waals surface area contributed by atoms with Gasteiger partial charge in [0.15, 0.2) is 11.6 Å². The second-order valence-corrected chi connectivity index (χ2v) is 7.82. The van der Waals surface area contributed by atoms with E-state index in [2.05, 4.69) is 20.6 Å². The van der Waals surface area contributed by atoms with Crippen molar-refractivity contribution >= 4 is 16.6 Å². The summed E-state index contributed by atoms with van der Waals surface area (Å²) in [6.45, 7) is 12.2. The van der Waals surface area contributed by atoms with E-state index in [1.165, 1.54) is 6.07 Å². The van der Waals surface area contributed by atoms with Crippen LogP contribution >= 0.6 is 0 Å². The zero-order valence-corrected chi connectivity index (χ0v) is 18.6. The first-order valence-electron chi connectivity index (χ1n) is 10.5. The number of hydrogen-bond donors (Lipinski definition) is 1. The van der Waals surface area contributed by atoms with E-state index in [0.29, 0.717) is 40.3 Å². The van der Waals surface area contributed by atoms with Gasteiger partial charge >= 0.3 is 0 Å². The molecule has 1 aliphatic rings. The van der Waals surface area contributed by atoms with Crippen LogP contribution in [0.3, 0.4) is 0 Å². The number of halogens is 2. The van der Waals surface area contributed by atoms with Crippen LogP contribution in [0.25, 0.3) is 27.7 Å². The number of anilines is 1. The van der Waals surface area contributed by atoms with Gasteiger partial charge in [-0.15, -0.1) is 10.2 Å². The average molecular weight is 424 g/mol. The highest BCUT2D eigenvalue weighted by molar-refractivity contribution is 5.95. The summed E-state index contributed by atoms with van der Waals surface area (Å²) < 4.78 is 34.6. The summed E-state index contributed by atoms with van der Waals surface area (Å²) in [5, 5.41) is 16.7. The molecule has 6 nitrogen and oxygen atoms in total. The third-order valence-corrected chi connectivity index (χ3v) is 5.44. The third kappa shape index (κ3) is 3.08.